The van der Waals surface area contributed by atoms with Gasteiger partial charge in [-0.15, -0.1) is 0 Å². The van der Waals surface area contributed by atoms with Gasteiger partial charge in [-0.3, -0.25) is 4.90 Å². The molecule has 3 atom stereocenters. The van der Waals surface area contributed by atoms with Gasteiger partial charge in [0, 0.05) is 36.8 Å². The van der Waals surface area contributed by atoms with Crippen LogP contribution in [0.3, 0.4) is 0 Å². The number of fused-ring (bicyclic) bond motifs is 1. The van der Waals surface area contributed by atoms with Crippen molar-refractivity contribution in [3.05, 3.63) is 48.0 Å². The summed E-state index contributed by atoms with van der Waals surface area (Å²) in [5.41, 5.74) is 1.23. The van der Waals surface area contributed by atoms with E-state index in [2.05, 4.69) is 17.2 Å². The second kappa shape index (κ2) is 13.2. The van der Waals surface area contributed by atoms with Crippen LogP contribution in [-0.4, -0.2) is 100 Å². The van der Waals surface area contributed by atoms with Gasteiger partial charge in [-0.05, 0) is 63.5 Å². The third-order valence-electron chi connectivity index (χ3n) is 6.44. The summed E-state index contributed by atoms with van der Waals surface area (Å²) >= 11 is 0. The van der Waals surface area contributed by atoms with Crippen LogP contribution in [0.15, 0.2) is 47.4 Å². The number of rotatable bonds is 7. The van der Waals surface area contributed by atoms with Crippen LogP contribution in [0.4, 0.5) is 10.5 Å². The number of sulfonamides is 1. The lowest BCUT2D eigenvalue weighted by Crippen LogP contribution is -2.50. The van der Waals surface area contributed by atoms with Crippen LogP contribution in [0.2, 0.25) is 0 Å². The Bertz CT molecular complexity index is 1300. The minimum absolute atomic E-state index is 0.00296. The highest BCUT2D eigenvalue weighted by Crippen LogP contribution is 2.34. The Morgan fingerprint density at radius 1 is 1.23 bits per heavy atom. The Labute approximate surface area is 231 Å². The fourth-order valence-corrected chi connectivity index (χ4v) is 5.89. The highest BCUT2D eigenvalue weighted by Gasteiger charge is 2.38. The number of likely N-dealkylation sites (N-methyl/N-ethyl adjacent to an activating group) is 1. The average molecular weight is 559 g/mol. The van der Waals surface area contributed by atoms with Crippen LogP contribution < -0.4 is 14.8 Å². The number of nitrogens with one attached hydrogen (secondary N) is 1. The Hall–Kier alpha value is -3.30. The van der Waals surface area contributed by atoms with Gasteiger partial charge < -0.3 is 24.8 Å². The summed E-state index contributed by atoms with van der Waals surface area (Å²) in [6.07, 6.45) is -0.538. The minimum Gasteiger partial charge on any atom is -0.497 e. The molecule has 2 aromatic rings. The van der Waals surface area contributed by atoms with Gasteiger partial charge in [-0.1, -0.05) is 18.8 Å². The van der Waals surface area contributed by atoms with Crippen molar-refractivity contribution in [3.63, 3.8) is 0 Å². The molecule has 1 aliphatic rings. The number of nitrogens with zero attached hydrogens (tertiary/aromatic N) is 3. The number of benzene rings is 2. The number of hydrogen-bond donors (Lipinski definition) is 2. The second-order valence-corrected chi connectivity index (χ2v) is 11.8. The number of carbonyl (C=O) groups excluding carboxylic acids is 1. The molecule has 10 nitrogen and oxygen atoms in total. The molecule has 0 saturated heterocycles. The molecule has 1 aliphatic heterocycles. The number of carbonyl (C=O) groups is 1. The summed E-state index contributed by atoms with van der Waals surface area (Å²) in [5, 5.41) is 12.7. The topological polar surface area (TPSA) is 112 Å². The zero-order valence-corrected chi connectivity index (χ0v) is 24.2. The number of ether oxygens (including phenoxy) is 2. The molecule has 0 radical (unpaired) electrons. The molecule has 212 valence electrons. The zero-order valence-electron chi connectivity index (χ0n) is 23.3. The third-order valence-corrected chi connectivity index (χ3v) is 8.46. The number of amides is 2. The van der Waals surface area contributed by atoms with Crippen molar-refractivity contribution >= 4 is 21.7 Å². The van der Waals surface area contributed by atoms with Crippen molar-refractivity contribution in [3.8, 4) is 23.3 Å². The maximum atomic E-state index is 13.6. The first kappa shape index (κ1) is 30.2. The molecule has 2 aromatic carbocycles. The first-order valence-electron chi connectivity index (χ1n) is 12.7. The predicted octanol–water partition coefficient (Wildman–Crippen LogP) is 2.54. The van der Waals surface area contributed by atoms with Crippen molar-refractivity contribution in [2.24, 2.45) is 5.92 Å². The SMILES string of the molecule is COc1ccc(NC(=O)N(C)C[C@H]2Oc3cc(C#CCN(C)C)ccc3S(=O)(=O)N([C@H](C)CO)C[C@@H]2C)cc1. The largest absolute Gasteiger partial charge is 0.497 e. The van der Waals surface area contributed by atoms with Crippen LogP contribution in [0.5, 0.6) is 11.5 Å². The smallest absolute Gasteiger partial charge is 0.321 e. The molecule has 2 N–H and O–H groups in total. The summed E-state index contributed by atoms with van der Waals surface area (Å²) in [7, 11) is 3.09. The lowest BCUT2D eigenvalue weighted by Gasteiger charge is -2.37. The van der Waals surface area contributed by atoms with Gasteiger partial charge in [0.15, 0.2) is 0 Å². The van der Waals surface area contributed by atoms with Gasteiger partial charge in [0.05, 0.1) is 26.8 Å². The van der Waals surface area contributed by atoms with Crippen molar-refractivity contribution < 1.29 is 27.8 Å². The van der Waals surface area contributed by atoms with E-state index in [1.165, 1.54) is 15.3 Å². The van der Waals surface area contributed by atoms with Crippen molar-refractivity contribution in [1.82, 2.24) is 14.1 Å². The summed E-state index contributed by atoms with van der Waals surface area (Å²) in [6.45, 7) is 4.07. The molecule has 0 aromatic heterocycles. The summed E-state index contributed by atoms with van der Waals surface area (Å²) in [4.78, 5) is 16.4. The van der Waals surface area contributed by atoms with Crippen molar-refractivity contribution in [2.75, 3.05) is 59.8 Å². The van der Waals surface area contributed by atoms with E-state index in [0.717, 1.165) is 0 Å². The van der Waals surface area contributed by atoms with E-state index in [4.69, 9.17) is 9.47 Å². The molecule has 3 rings (SSSR count). The lowest BCUT2D eigenvalue weighted by atomic mass is 10.0. The summed E-state index contributed by atoms with van der Waals surface area (Å²) in [6, 6.07) is 10.8. The molecule has 0 saturated carbocycles. The van der Waals surface area contributed by atoms with Crippen molar-refractivity contribution in [2.45, 2.75) is 30.9 Å². The third kappa shape index (κ3) is 7.64. The predicted molar refractivity (Wildman–Crippen MR) is 151 cm³/mol. The van der Waals surface area contributed by atoms with Crippen LogP contribution in [0.1, 0.15) is 19.4 Å². The van der Waals surface area contributed by atoms with Gasteiger partial charge >= 0.3 is 6.03 Å². The molecule has 11 heteroatoms. The highest BCUT2D eigenvalue weighted by molar-refractivity contribution is 7.89. The molecular weight excluding hydrogens is 520 g/mol. The maximum Gasteiger partial charge on any atom is 0.321 e. The normalized spacial score (nSPS) is 19.4. The quantitative estimate of drug-likeness (QED) is 0.503. The van der Waals surface area contributed by atoms with Gasteiger partial charge in [-0.25, -0.2) is 13.2 Å². The number of methoxy groups -OCH3 is 1. The fourth-order valence-electron chi connectivity index (χ4n) is 4.07. The first-order chi connectivity index (χ1) is 18.5. The summed E-state index contributed by atoms with van der Waals surface area (Å²) < 4.78 is 40.1. The van der Waals surface area contributed by atoms with Gasteiger partial charge in [0.1, 0.15) is 22.5 Å². The Morgan fingerprint density at radius 3 is 2.54 bits per heavy atom. The van der Waals surface area contributed by atoms with Crippen molar-refractivity contribution in [1.29, 1.82) is 0 Å². The highest BCUT2D eigenvalue weighted by atomic mass is 32.2. The summed E-state index contributed by atoms with van der Waals surface area (Å²) in [5.74, 6) is 6.64. The molecule has 0 spiro atoms. The van der Waals surface area contributed by atoms with E-state index in [0.29, 0.717) is 23.5 Å². The van der Waals surface area contributed by atoms with Crippen LogP contribution in [0, 0.1) is 17.8 Å². The van der Waals surface area contributed by atoms with E-state index in [-0.39, 0.29) is 42.3 Å². The Balaban J connectivity index is 1.92. The molecule has 39 heavy (non-hydrogen) atoms. The van der Waals surface area contributed by atoms with Gasteiger partial charge in [-0.2, -0.15) is 4.31 Å². The maximum absolute atomic E-state index is 13.6. The van der Waals surface area contributed by atoms with E-state index >= 15 is 0 Å². The van der Waals surface area contributed by atoms with Crippen LogP contribution in [-0.2, 0) is 10.0 Å². The molecular formula is C28H38N4O6S. The lowest BCUT2D eigenvalue weighted by molar-refractivity contribution is 0.0830. The fraction of sp³-hybridized carbons (Fsp3) is 0.464. The van der Waals surface area contributed by atoms with Crippen LogP contribution >= 0.6 is 0 Å². The van der Waals surface area contributed by atoms with Crippen LogP contribution in [0.25, 0.3) is 0 Å². The van der Waals surface area contributed by atoms with E-state index in [1.807, 2.05) is 25.9 Å². The van der Waals surface area contributed by atoms with E-state index in [9.17, 15) is 18.3 Å². The number of anilines is 1. The molecule has 0 bridgehead atoms. The number of urea groups is 1. The van der Waals surface area contributed by atoms with Gasteiger partial charge in [0.25, 0.3) is 0 Å². The number of aliphatic hydroxyl groups is 1. The standard InChI is InChI=1S/C28H38N4O6S/c1-20-17-32(21(2)19-33)39(35,36)27-14-9-22(8-7-15-30(3)4)16-25(27)38-26(20)18-31(5)28(34)29-23-10-12-24(37-6)13-11-23/h9-14,16,20-21,26,33H,15,17-19H2,1-6H3,(H,29,34)/t20-,21+,26+/m0/s1. The molecule has 0 aliphatic carbocycles. The number of aliphatic hydroxyl groups excluding tert-OH is 1. The van der Waals surface area contributed by atoms with Gasteiger partial charge in [0.2, 0.25) is 10.0 Å². The molecule has 0 unspecified atom stereocenters. The Morgan fingerprint density at radius 2 is 1.92 bits per heavy atom. The molecule has 2 amide bonds. The van der Waals surface area contributed by atoms with E-state index < -0.39 is 22.2 Å². The number of hydrogen-bond acceptors (Lipinski definition) is 7. The zero-order chi connectivity index (χ0) is 28.7. The minimum atomic E-state index is -3.96. The average Bonchev–Trinajstić information content (AvgIpc) is 2.90. The molecule has 0 fully saturated rings. The second-order valence-electron chi connectivity index (χ2n) is 9.98. The molecule has 1 heterocycles. The Kier molecular flexibility index (Phi) is 10.2. The first-order valence-corrected chi connectivity index (χ1v) is 14.1. The monoisotopic (exact) mass is 558 g/mol. The van der Waals surface area contributed by atoms with E-state index in [1.54, 1.807) is 57.5 Å².